The van der Waals surface area contributed by atoms with Crippen LogP contribution in [0, 0.1) is 5.92 Å². The summed E-state index contributed by atoms with van der Waals surface area (Å²) in [4.78, 5) is 2.59. The van der Waals surface area contributed by atoms with Crippen molar-refractivity contribution in [1.29, 1.82) is 0 Å². The second-order valence-electron chi connectivity index (χ2n) is 5.45. The van der Waals surface area contributed by atoms with Gasteiger partial charge < -0.3 is 10.2 Å². The molecule has 6 heteroatoms. The minimum absolute atomic E-state index is 0.344. The molecule has 1 aliphatic rings. The fourth-order valence-corrected chi connectivity index (χ4v) is 4.14. The number of para-hydroxylation sites is 1. The van der Waals surface area contributed by atoms with Gasteiger partial charge in [0.1, 0.15) is 4.90 Å². The summed E-state index contributed by atoms with van der Waals surface area (Å²) in [6, 6.07) is 7.02. The molecular weight excluding hydrogens is 274 g/mol. The first kappa shape index (κ1) is 15.3. The predicted molar refractivity (Wildman–Crippen MR) is 81.4 cm³/mol. The highest BCUT2D eigenvalue weighted by Gasteiger charge is 2.28. The van der Waals surface area contributed by atoms with E-state index in [1.807, 2.05) is 6.07 Å². The van der Waals surface area contributed by atoms with Gasteiger partial charge in [0, 0.05) is 27.2 Å². The van der Waals surface area contributed by atoms with Gasteiger partial charge in [0.05, 0.1) is 5.69 Å². The van der Waals surface area contributed by atoms with E-state index in [1.165, 1.54) is 4.31 Å². The molecule has 1 atom stereocenters. The summed E-state index contributed by atoms with van der Waals surface area (Å²) in [5.41, 5.74) is 0.642. The summed E-state index contributed by atoms with van der Waals surface area (Å²) in [6.45, 7) is 2.59. The lowest BCUT2D eigenvalue weighted by atomic mass is 10.1. The molecule has 1 aromatic carbocycles. The Labute approximate surface area is 121 Å². The maximum Gasteiger partial charge on any atom is 0.244 e. The van der Waals surface area contributed by atoms with E-state index in [0.29, 0.717) is 23.0 Å². The van der Waals surface area contributed by atoms with E-state index >= 15 is 0 Å². The van der Waals surface area contributed by atoms with Crippen molar-refractivity contribution < 1.29 is 8.42 Å². The van der Waals surface area contributed by atoms with E-state index in [2.05, 4.69) is 17.3 Å². The van der Waals surface area contributed by atoms with Crippen molar-refractivity contribution >= 4 is 15.7 Å². The van der Waals surface area contributed by atoms with E-state index < -0.39 is 10.0 Å². The number of rotatable bonds is 5. The lowest BCUT2D eigenvalue weighted by Crippen LogP contribution is -2.33. The summed E-state index contributed by atoms with van der Waals surface area (Å²) < 4.78 is 26.8. The van der Waals surface area contributed by atoms with Crippen molar-refractivity contribution in [3.05, 3.63) is 24.3 Å². The zero-order valence-corrected chi connectivity index (χ0v) is 13.2. The minimum atomic E-state index is -3.43. The molecule has 0 amide bonds. The first-order valence-corrected chi connectivity index (χ1v) is 8.31. The molecule has 1 aromatic rings. The maximum atomic E-state index is 12.7. The van der Waals surface area contributed by atoms with Gasteiger partial charge in [-0.2, -0.15) is 0 Å². The Morgan fingerprint density at radius 3 is 2.70 bits per heavy atom. The van der Waals surface area contributed by atoms with Crippen LogP contribution in [0.5, 0.6) is 0 Å². The fraction of sp³-hybridized carbons (Fsp3) is 0.571. The highest BCUT2D eigenvalue weighted by Crippen LogP contribution is 2.25. The summed E-state index contributed by atoms with van der Waals surface area (Å²) in [6.07, 6.45) is 1.06. The summed E-state index contributed by atoms with van der Waals surface area (Å²) in [7, 11) is 2.04. The van der Waals surface area contributed by atoms with Crippen LogP contribution < -0.4 is 5.32 Å². The van der Waals surface area contributed by atoms with Crippen LogP contribution in [0.2, 0.25) is 0 Å². The molecule has 1 aliphatic heterocycles. The van der Waals surface area contributed by atoms with Gasteiger partial charge in [-0.15, -0.1) is 0 Å². The van der Waals surface area contributed by atoms with E-state index in [-0.39, 0.29) is 0 Å². The fourth-order valence-electron chi connectivity index (χ4n) is 2.70. The number of sulfonamides is 1. The third-order valence-corrected chi connectivity index (χ3v) is 5.73. The van der Waals surface area contributed by atoms with Crippen LogP contribution in [0.3, 0.4) is 0 Å². The zero-order chi connectivity index (χ0) is 14.8. The third-order valence-electron chi connectivity index (χ3n) is 3.85. The molecule has 0 bridgehead atoms. The smallest absolute Gasteiger partial charge is 0.244 e. The van der Waals surface area contributed by atoms with Gasteiger partial charge in [0.15, 0.2) is 0 Å². The Morgan fingerprint density at radius 1 is 1.40 bits per heavy atom. The molecule has 0 saturated carbocycles. The van der Waals surface area contributed by atoms with Crippen molar-refractivity contribution in [2.75, 3.05) is 46.1 Å². The predicted octanol–water partition coefficient (Wildman–Crippen LogP) is 1.30. The standard InChI is InChI=1S/C14H23N3O2S/c1-15-13-6-4-5-7-14(13)20(18,19)17(3)11-12-8-9-16(2)10-12/h4-7,12,15H,8-11H2,1-3H3. The number of likely N-dealkylation sites (tertiary alicyclic amines) is 1. The van der Waals surface area contributed by atoms with Crippen molar-refractivity contribution in [3.8, 4) is 0 Å². The topological polar surface area (TPSA) is 52.7 Å². The number of hydrogen-bond acceptors (Lipinski definition) is 4. The molecule has 0 radical (unpaired) electrons. The van der Waals surface area contributed by atoms with Crippen LogP contribution in [0.4, 0.5) is 5.69 Å². The molecule has 2 rings (SSSR count). The molecule has 0 spiro atoms. The quantitative estimate of drug-likeness (QED) is 0.890. The first-order valence-electron chi connectivity index (χ1n) is 6.87. The Hall–Kier alpha value is -1.11. The zero-order valence-electron chi connectivity index (χ0n) is 12.3. The largest absolute Gasteiger partial charge is 0.387 e. The summed E-state index contributed by atoms with van der Waals surface area (Å²) >= 11 is 0. The Kier molecular flexibility index (Phi) is 4.67. The molecule has 1 saturated heterocycles. The van der Waals surface area contributed by atoms with Crippen LogP contribution in [-0.2, 0) is 10.0 Å². The molecule has 0 aromatic heterocycles. The first-order chi connectivity index (χ1) is 9.45. The van der Waals surface area contributed by atoms with Crippen LogP contribution in [0.1, 0.15) is 6.42 Å². The van der Waals surface area contributed by atoms with Gasteiger partial charge in [-0.3, -0.25) is 0 Å². The van der Waals surface area contributed by atoms with Crippen LogP contribution >= 0.6 is 0 Å². The highest BCUT2D eigenvalue weighted by atomic mass is 32.2. The molecule has 20 heavy (non-hydrogen) atoms. The van der Waals surface area contributed by atoms with Crippen molar-refractivity contribution in [2.24, 2.45) is 5.92 Å². The number of nitrogens with zero attached hydrogens (tertiary/aromatic N) is 2. The minimum Gasteiger partial charge on any atom is -0.387 e. The number of anilines is 1. The second kappa shape index (κ2) is 6.11. The van der Waals surface area contributed by atoms with Gasteiger partial charge in [-0.25, -0.2) is 12.7 Å². The molecule has 112 valence electrons. The van der Waals surface area contributed by atoms with Gasteiger partial charge in [0.25, 0.3) is 0 Å². The Balaban J connectivity index is 2.17. The van der Waals surface area contributed by atoms with Gasteiger partial charge in [-0.05, 0) is 38.1 Å². The lowest BCUT2D eigenvalue weighted by molar-refractivity contribution is 0.357. The van der Waals surface area contributed by atoms with E-state index in [4.69, 9.17) is 0 Å². The molecule has 5 nitrogen and oxygen atoms in total. The second-order valence-corrected chi connectivity index (χ2v) is 7.46. The summed E-state index contributed by atoms with van der Waals surface area (Å²) in [5.74, 6) is 0.418. The molecule has 1 fully saturated rings. The average Bonchev–Trinajstić information content (AvgIpc) is 2.84. The van der Waals surface area contributed by atoms with Gasteiger partial charge in [0.2, 0.25) is 10.0 Å². The van der Waals surface area contributed by atoms with Crippen molar-refractivity contribution in [1.82, 2.24) is 9.21 Å². The third kappa shape index (κ3) is 3.13. The Bertz CT molecular complexity index is 559. The Morgan fingerprint density at radius 2 is 2.10 bits per heavy atom. The van der Waals surface area contributed by atoms with Crippen LogP contribution in [0.15, 0.2) is 29.2 Å². The lowest BCUT2D eigenvalue weighted by Gasteiger charge is -2.22. The monoisotopic (exact) mass is 297 g/mol. The number of benzene rings is 1. The van der Waals surface area contributed by atoms with Crippen LogP contribution in [-0.4, -0.2) is 58.4 Å². The van der Waals surface area contributed by atoms with E-state index in [1.54, 1.807) is 32.3 Å². The average molecular weight is 297 g/mol. The SMILES string of the molecule is CNc1ccccc1S(=O)(=O)N(C)CC1CCN(C)C1. The highest BCUT2D eigenvalue weighted by molar-refractivity contribution is 7.89. The van der Waals surface area contributed by atoms with Crippen molar-refractivity contribution in [2.45, 2.75) is 11.3 Å². The summed E-state index contributed by atoms with van der Waals surface area (Å²) in [5, 5.41) is 2.94. The molecule has 1 unspecified atom stereocenters. The molecule has 1 heterocycles. The van der Waals surface area contributed by atoms with Crippen LogP contribution in [0.25, 0.3) is 0 Å². The number of nitrogens with one attached hydrogen (secondary N) is 1. The molecule has 1 N–H and O–H groups in total. The normalized spacial score (nSPS) is 20.5. The number of hydrogen-bond donors (Lipinski definition) is 1. The van der Waals surface area contributed by atoms with Crippen molar-refractivity contribution in [3.63, 3.8) is 0 Å². The maximum absolute atomic E-state index is 12.7. The molecule has 0 aliphatic carbocycles. The van der Waals surface area contributed by atoms with E-state index in [0.717, 1.165) is 19.5 Å². The van der Waals surface area contributed by atoms with E-state index in [9.17, 15) is 8.42 Å². The van der Waals surface area contributed by atoms with Gasteiger partial charge in [-0.1, -0.05) is 12.1 Å². The molecular formula is C14H23N3O2S. The van der Waals surface area contributed by atoms with Gasteiger partial charge >= 0.3 is 0 Å².